The molecule has 0 aromatic heterocycles. The molecule has 152 valence electrons. The van der Waals surface area contributed by atoms with Crippen molar-refractivity contribution in [3.63, 3.8) is 0 Å². The molecule has 0 spiro atoms. The van der Waals surface area contributed by atoms with E-state index >= 15 is 0 Å². The fourth-order valence-electron chi connectivity index (χ4n) is 3.15. The Bertz CT molecular complexity index is 481. The van der Waals surface area contributed by atoms with Crippen LogP contribution < -0.4 is 11.1 Å². The van der Waals surface area contributed by atoms with Gasteiger partial charge in [-0.3, -0.25) is 9.69 Å². The van der Waals surface area contributed by atoms with Crippen molar-refractivity contribution in [3.05, 3.63) is 35.9 Å². The summed E-state index contributed by atoms with van der Waals surface area (Å²) in [5.41, 5.74) is 7.27. The third-order valence-electron chi connectivity index (χ3n) is 4.72. The number of carbonyl (C=O) groups excluding carboxylic acids is 1. The zero-order valence-corrected chi connectivity index (χ0v) is 18.4. The summed E-state index contributed by atoms with van der Waals surface area (Å²) in [6, 6.07) is 9.93. The second-order valence-corrected chi connectivity index (χ2v) is 6.97. The van der Waals surface area contributed by atoms with E-state index in [1.807, 2.05) is 37.3 Å². The van der Waals surface area contributed by atoms with Crippen LogP contribution >= 0.6 is 24.8 Å². The highest BCUT2D eigenvalue weighted by atomic mass is 35.5. The van der Waals surface area contributed by atoms with Crippen molar-refractivity contribution in [2.24, 2.45) is 17.6 Å². The SMILES string of the molecule is CCN(CC)C(CNC(=O)C(C)C(N)c1ccccc1)CC(C)C.Cl.Cl. The van der Waals surface area contributed by atoms with Crippen molar-refractivity contribution in [2.45, 2.75) is 53.1 Å². The summed E-state index contributed by atoms with van der Waals surface area (Å²) >= 11 is 0. The number of hydrogen-bond donors (Lipinski definition) is 2. The quantitative estimate of drug-likeness (QED) is 0.617. The predicted molar refractivity (Wildman–Crippen MR) is 116 cm³/mol. The van der Waals surface area contributed by atoms with E-state index in [1.165, 1.54) is 0 Å². The first-order valence-electron chi connectivity index (χ1n) is 9.22. The van der Waals surface area contributed by atoms with Crippen molar-refractivity contribution in [1.29, 1.82) is 0 Å². The Morgan fingerprint density at radius 3 is 2.08 bits per heavy atom. The molecule has 0 aliphatic heterocycles. The summed E-state index contributed by atoms with van der Waals surface area (Å²) in [5.74, 6) is 0.396. The van der Waals surface area contributed by atoms with E-state index < -0.39 is 0 Å². The van der Waals surface area contributed by atoms with E-state index in [4.69, 9.17) is 5.73 Å². The van der Waals surface area contributed by atoms with Gasteiger partial charge in [0.05, 0.1) is 5.92 Å². The lowest BCUT2D eigenvalue weighted by molar-refractivity contribution is -0.125. The van der Waals surface area contributed by atoms with Gasteiger partial charge in [-0.1, -0.05) is 65.0 Å². The molecule has 0 radical (unpaired) electrons. The Morgan fingerprint density at radius 2 is 1.62 bits per heavy atom. The van der Waals surface area contributed by atoms with E-state index in [0.717, 1.165) is 25.1 Å². The number of rotatable bonds is 10. The van der Waals surface area contributed by atoms with Gasteiger partial charge in [-0.05, 0) is 31.0 Å². The molecule has 1 amide bonds. The van der Waals surface area contributed by atoms with Crippen molar-refractivity contribution < 1.29 is 4.79 Å². The van der Waals surface area contributed by atoms with Crippen LogP contribution in [-0.4, -0.2) is 36.5 Å². The van der Waals surface area contributed by atoms with Crippen LogP contribution in [0.15, 0.2) is 30.3 Å². The molecule has 0 aliphatic carbocycles. The van der Waals surface area contributed by atoms with Gasteiger partial charge in [-0.2, -0.15) is 0 Å². The molecule has 1 aromatic rings. The van der Waals surface area contributed by atoms with Crippen LogP contribution in [0.4, 0.5) is 0 Å². The highest BCUT2D eigenvalue weighted by Crippen LogP contribution is 2.19. The Hall–Kier alpha value is -0.810. The van der Waals surface area contributed by atoms with Gasteiger partial charge in [-0.15, -0.1) is 24.8 Å². The molecule has 3 unspecified atom stereocenters. The summed E-state index contributed by atoms with van der Waals surface area (Å²) in [6.45, 7) is 13.4. The fraction of sp³-hybridized carbons (Fsp3) is 0.650. The van der Waals surface area contributed by atoms with Crippen LogP contribution in [-0.2, 0) is 4.79 Å². The molecule has 1 rings (SSSR count). The van der Waals surface area contributed by atoms with Crippen LogP contribution in [0.1, 0.15) is 52.6 Å². The minimum Gasteiger partial charge on any atom is -0.354 e. The molecule has 3 atom stereocenters. The Morgan fingerprint density at radius 1 is 1.08 bits per heavy atom. The van der Waals surface area contributed by atoms with Crippen LogP contribution in [0.25, 0.3) is 0 Å². The van der Waals surface area contributed by atoms with Crippen molar-refractivity contribution >= 4 is 30.7 Å². The Kier molecular flexibility index (Phi) is 15.0. The van der Waals surface area contributed by atoms with Crippen LogP contribution in [0, 0.1) is 11.8 Å². The lowest BCUT2D eigenvalue weighted by atomic mass is 9.94. The standard InChI is InChI=1S/C20H35N3O.2ClH/c1-6-23(7-2)18(13-15(3)4)14-22-20(24)16(5)19(21)17-11-9-8-10-12-17;;/h8-12,15-16,18-19H,6-7,13-14,21H2,1-5H3,(H,22,24);2*1H. The molecule has 26 heavy (non-hydrogen) atoms. The molecule has 0 aliphatic rings. The molecule has 0 bridgehead atoms. The van der Waals surface area contributed by atoms with Crippen LogP contribution in [0.5, 0.6) is 0 Å². The number of likely N-dealkylation sites (N-methyl/N-ethyl adjacent to an activating group) is 1. The van der Waals surface area contributed by atoms with Gasteiger partial charge >= 0.3 is 0 Å². The van der Waals surface area contributed by atoms with Gasteiger partial charge < -0.3 is 11.1 Å². The maximum Gasteiger partial charge on any atom is 0.224 e. The zero-order chi connectivity index (χ0) is 18.1. The third-order valence-corrected chi connectivity index (χ3v) is 4.72. The number of nitrogens with zero attached hydrogens (tertiary/aromatic N) is 1. The minimum absolute atomic E-state index is 0. The molecule has 0 heterocycles. The minimum atomic E-state index is -0.275. The molecule has 0 saturated heterocycles. The smallest absolute Gasteiger partial charge is 0.224 e. The molecule has 0 fully saturated rings. The maximum absolute atomic E-state index is 12.5. The molecule has 0 saturated carbocycles. The Balaban J connectivity index is 0. The van der Waals surface area contributed by atoms with Crippen molar-refractivity contribution in [3.8, 4) is 0 Å². The zero-order valence-electron chi connectivity index (χ0n) is 16.8. The first-order chi connectivity index (χ1) is 11.4. The number of benzene rings is 1. The molecular weight excluding hydrogens is 369 g/mol. The second kappa shape index (κ2) is 14.3. The first kappa shape index (κ1) is 27.4. The van der Waals surface area contributed by atoms with E-state index in [9.17, 15) is 4.79 Å². The van der Waals surface area contributed by atoms with E-state index in [0.29, 0.717) is 18.5 Å². The van der Waals surface area contributed by atoms with Crippen molar-refractivity contribution in [2.75, 3.05) is 19.6 Å². The largest absolute Gasteiger partial charge is 0.354 e. The van der Waals surface area contributed by atoms with Gasteiger partial charge in [0, 0.05) is 18.6 Å². The normalized spacial score (nSPS) is 14.2. The van der Waals surface area contributed by atoms with Gasteiger partial charge in [0.25, 0.3) is 0 Å². The maximum atomic E-state index is 12.5. The fourth-order valence-corrected chi connectivity index (χ4v) is 3.15. The average molecular weight is 406 g/mol. The summed E-state index contributed by atoms with van der Waals surface area (Å²) < 4.78 is 0. The lowest BCUT2D eigenvalue weighted by Gasteiger charge is -2.31. The highest BCUT2D eigenvalue weighted by Gasteiger charge is 2.24. The Labute approximate surface area is 172 Å². The summed E-state index contributed by atoms with van der Waals surface area (Å²) in [4.78, 5) is 15.0. The number of nitrogens with one attached hydrogen (secondary N) is 1. The highest BCUT2D eigenvalue weighted by molar-refractivity contribution is 5.85. The van der Waals surface area contributed by atoms with Gasteiger partial charge in [0.15, 0.2) is 0 Å². The number of carbonyl (C=O) groups is 1. The van der Waals surface area contributed by atoms with E-state index in [2.05, 4.69) is 37.9 Å². The van der Waals surface area contributed by atoms with E-state index in [-0.39, 0.29) is 42.7 Å². The molecule has 4 nitrogen and oxygen atoms in total. The van der Waals surface area contributed by atoms with Crippen LogP contribution in [0.2, 0.25) is 0 Å². The number of nitrogens with two attached hydrogens (primary N) is 1. The number of amides is 1. The molecule has 6 heteroatoms. The van der Waals surface area contributed by atoms with Gasteiger partial charge in [-0.25, -0.2) is 0 Å². The molecule has 1 aromatic carbocycles. The van der Waals surface area contributed by atoms with E-state index in [1.54, 1.807) is 0 Å². The van der Waals surface area contributed by atoms with Crippen LogP contribution in [0.3, 0.4) is 0 Å². The average Bonchev–Trinajstić information content (AvgIpc) is 2.59. The second-order valence-electron chi connectivity index (χ2n) is 6.97. The first-order valence-corrected chi connectivity index (χ1v) is 9.22. The summed E-state index contributed by atoms with van der Waals surface area (Å²) in [6.07, 6.45) is 1.08. The predicted octanol–water partition coefficient (Wildman–Crippen LogP) is 4.04. The van der Waals surface area contributed by atoms with Gasteiger partial charge in [0.1, 0.15) is 0 Å². The summed E-state index contributed by atoms with van der Waals surface area (Å²) in [7, 11) is 0. The van der Waals surface area contributed by atoms with Crippen molar-refractivity contribution in [1.82, 2.24) is 10.2 Å². The third kappa shape index (κ3) is 8.72. The van der Waals surface area contributed by atoms with Gasteiger partial charge in [0.2, 0.25) is 5.91 Å². The summed E-state index contributed by atoms with van der Waals surface area (Å²) in [5, 5.41) is 3.13. The number of hydrogen-bond acceptors (Lipinski definition) is 3. The topological polar surface area (TPSA) is 58.4 Å². The molecular formula is C20H37Cl2N3O. The molecule has 3 N–H and O–H groups in total. The lowest BCUT2D eigenvalue weighted by Crippen LogP contribution is -2.46. The monoisotopic (exact) mass is 405 g/mol. The number of halogens is 2.